The lowest BCUT2D eigenvalue weighted by molar-refractivity contribution is -0.175. The molecule has 3 aromatic rings. The molecular weight excluding hydrogens is 400 g/mol. The second kappa shape index (κ2) is 7.34. The van der Waals surface area contributed by atoms with Gasteiger partial charge in [0.2, 0.25) is 0 Å². The highest BCUT2D eigenvalue weighted by Crippen LogP contribution is 2.56. The normalized spacial score (nSPS) is 28.1. The first-order chi connectivity index (χ1) is 15.2. The number of ether oxygens (including phenoxy) is 2. The second-order valence-electron chi connectivity index (χ2n) is 10.3. The number of nitrogens with two attached hydrogens (primary N) is 1. The number of benzene rings is 2. The first-order valence-electron chi connectivity index (χ1n) is 11.6. The summed E-state index contributed by atoms with van der Waals surface area (Å²) in [6.07, 6.45) is 2.87. The van der Waals surface area contributed by atoms with E-state index in [1.165, 1.54) is 10.9 Å². The minimum atomic E-state index is -0.995. The maximum atomic E-state index is 12.1. The Kier molecular flexibility index (Phi) is 4.93. The summed E-state index contributed by atoms with van der Waals surface area (Å²) in [7, 11) is 1.70. The van der Waals surface area contributed by atoms with Crippen LogP contribution in [0.25, 0.3) is 10.9 Å². The Morgan fingerprint density at radius 2 is 1.97 bits per heavy atom. The molecule has 0 bridgehead atoms. The van der Waals surface area contributed by atoms with Gasteiger partial charge in [-0.15, -0.1) is 0 Å². The third kappa shape index (κ3) is 3.18. The van der Waals surface area contributed by atoms with Gasteiger partial charge in [-0.05, 0) is 81.3 Å². The Morgan fingerprint density at radius 1 is 1.19 bits per heavy atom. The van der Waals surface area contributed by atoms with E-state index < -0.39 is 16.7 Å². The lowest BCUT2D eigenvalue weighted by atomic mass is 9.58. The van der Waals surface area contributed by atoms with E-state index in [1.54, 1.807) is 7.11 Å². The van der Waals surface area contributed by atoms with Crippen LogP contribution < -0.4 is 10.5 Å². The molecule has 0 amide bonds. The number of aliphatic hydroxyl groups is 1. The van der Waals surface area contributed by atoms with Crippen LogP contribution in [0.1, 0.15) is 55.5 Å². The molecule has 1 fully saturated rings. The molecule has 0 radical (unpaired) electrons. The van der Waals surface area contributed by atoms with Crippen LogP contribution in [0.15, 0.2) is 42.5 Å². The average molecular weight is 435 g/mol. The van der Waals surface area contributed by atoms with Crippen LogP contribution in [0.5, 0.6) is 5.75 Å². The summed E-state index contributed by atoms with van der Waals surface area (Å²) < 4.78 is 12.0. The maximum absolute atomic E-state index is 12.1. The molecule has 2 aromatic carbocycles. The Labute approximate surface area is 189 Å². The SMILES string of the molecule is COc1ccc2[nH]c3c(c2c1)CCOC31CCC(O)(c2ccccc2C)C(C(C)(C)N)C1. The van der Waals surface area contributed by atoms with Gasteiger partial charge in [0.1, 0.15) is 11.4 Å². The zero-order valence-electron chi connectivity index (χ0n) is 19.5. The van der Waals surface area contributed by atoms with Gasteiger partial charge in [0.25, 0.3) is 0 Å². The van der Waals surface area contributed by atoms with E-state index >= 15 is 0 Å². The van der Waals surface area contributed by atoms with E-state index in [-0.39, 0.29) is 5.92 Å². The van der Waals surface area contributed by atoms with Crippen molar-refractivity contribution in [2.24, 2.45) is 11.7 Å². The Morgan fingerprint density at radius 3 is 2.69 bits per heavy atom. The molecule has 1 spiro atoms. The lowest BCUT2D eigenvalue weighted by Gasteiger charge is -2.54. The molecule has 5 rings (SSSR count). The zero-order chi connectivity index (χ0) is 22.7. The number of aromatic amines is 1. The van der Waals surface area contributed by atoms with E-state index in [1.807, 2.05) is 32.0 Å². The standard InChI is InChI=1S/C27H34N2O3/c1-17-7-5-6-8-21(17)27(30)13-12-26(16-23(27)25(2,3)28)24-19(11-14-32-26)20-15-18(31-4)9-10-22(20)29-24/h5-10,15,23,29-30H,11-14,16,28H2,1-4H3. The van der Waals surface area contributed by atoms with Gasteiger partial charge in [-0.1, -0.05) is 24.3 Å². The molecule has 3 atom stereocenters. The monoisotopic (exact) mass is 434 g/mol. The predicted molar refractivity (Wildman–Crippen MR) is 127 cm³/mol. The number of aryl methyl sites for hydroxylation is 1. The summed E-state index contributed by atoms with van der Waals surface area (Å²) in [6.45, 7) is 6.79. The van der Waals surface area contributed by atoms with E-state index in [2.05, 4.69) is 36.2 Å². The molecule has 1 aliphatic carbocycles. The van der Waals surface area contributed by atoms with Crippen LogP contribution in [-0.2, 0) is 22.4 Å². The fourth-order valence-electron chi connectivity index (χ4n) is 6.21. The van der Waals surface area contributed by atoms with Crippen LogP contribution in [0.3, 0.4) is 0 Å². The van der Waals surface area contributed by atoms with Gasteiger partial charge in [0, 0.05) is 22.4 Å². The van der Waals surface area contributed by atoms with E-state index in [0.717, 1.165) is 40.9 Å². The largest absolute Gasteiger partial charge is 0.497 e. The van der Waals surface area contributed by atoms with Crippen molar-refractivity contribution in [2.45, 2.75) is 63.2 Å². The quantitative estimate of drug-likeness (QED) is 0.559. The van der Waals surface area contributed by atoms with Crippen molar-refractivity contribution in [3.8, 4) is 5.75 Å². The molecule has 2 heterocycles. The van der Waals surface area contributed by atoms with E-state index in [0.29, 0.717) is 19.4 Å². The third-order valence-electron chi connectivity index (χ3n) is 7.83. The van der Waals surface area contributed by atoms with Gasteiger partial charge in [-0.2, -0.15) is 0 Å². The number of fused-ring (bicyclic) bond motifs is 4. The van der Waals surface area contributed by atoms with Gasteiger partial charge in [-0.3, -0.25) is 0 Å². The van der Waals surface area contributed by atoms with Crippen molar-refractivity contribution in [1.82, 2.24) is 4.98 Å². The number of rotatable bonds is 3. The fraction of sp³-hybridized carbons (Fsp3) is 0.481. The van der Waals surface area contributed by atoms with E-state index in [9.17, 15) is 5.11 Å². The smallest absolute Gasteiger partial charge is 0.119 e. The molecule has 0 saturated heterocycles. The number of aromatic nitrogens is 1. The van der Waals surface area contributed by atoms with E-state index in [4.69, 9.17) is 15.2 Å². The summed E-state index contributed by atoms with van der Waals surface area (Å²) in [6, 6.07) is 14.3. The van der Waals surface area contributed by atoms with Crippen LogP contribution in [0.2, 0.25) is 0 Å². The highest BCUT2D eigenvalue weighted by molar-refractivity contribution is 5.86. The summed E-state index contributed by atoms with van der Waals surface area (Å²) in [4.78, 5) is 3.68. The molecule has 170 valence electrons. The number of methoxy groups -OCH3 is 1. The topological polar surface area (TPSA) is 80.5 Å². The van der Waals surface area contributed by atoms with Crippen LogP contribution >= 0.6 is 0 Å². The van der Waals surface area contributed by atoms with Crippen LogP contribution in [0.4, 0.5) is 0 Å². The lowest BCUT2D eigenvalue weighted by Crippen LogP contribution is -2.59. The van der Waals surface area contributed by atoms with Gasteiger partial charge >= 0.3 is 0 Å². The van der Waals surface area contributed by atoms with Crippen molar-refractivity contribution >= 4 is 10.9 Å². The second-order valence-corrected chi connectivity index (χ2v) is 10.3. The molecule has 1 saturated carbocycles. The number of nitrogens with one attached hydrogen (secondary N) is 1. The average Bonchev–Trinajstić information content (AvgIpc) is 3.14. The molecule has 1 aromatic heterocycles. The van der Waals surface area contributed by atoms with Gasteiger partial charge in [-0.25, -0.2) is 0 Å². The predicted octanol–water partition coefficient (Wildman–Crippen LogP) is 4.68. The number of H-pyrrole nitrogens is 1. The fourth-order valence-corrected chi connectivity index (χ4v) is 6.21. The molecule has 2 aliphatic rings. The zero-order valence-corrected chi connectivity index (χ0v) is 19.5. The number of hydrogen-bond donors (Lipinski definition) is 3. The van der Waals surface area contributed by atoms with Gasteiger partial charge < -0.3 is 25.3 Å². The molecule has 3 unspecified atom stereocenters. The summed E-state index contributed by atoms with van der Waals surface area (Å²) in [5.41, 5.74) is 10.3. The van der Waals surface area contributed by atoms with Crippen molar-refractivity contribution in [1.29, 1.82) is 0 Å². The Hall–Kier alpha value is -2.34. The van der Waals surface area contributed by atoms with Crippen LogP contribution in [0, 0.1) is 12.8 Å². The van der Waals surface area contributed by atoms with Crippen molar-refractivity contribution in [2.75, 3.05) is 13.7 Å². The first kappa shape index (κ1) is 21.5. The van der Waals surface area contributed by atoms with Crippen molar-refractivity contribution in [3.63, 3.8) is 0 Å². The van der Waals surface area contributed by atoms with Gasteiger partial charge in [0.15, 0.2) is 0 Å². The summed E-state index contributed by atoms with van der Waals surface area (Å²) in [5, 5.41) is 13.3. The molecule has 1 aliphatic heterocycles. The molecule has 32 heavy (non-hydrogen) atoms. The molecule has 4 N–H and O–H groups in total. The maximum Gasteiger partial charge on any atom is 0.119 e. The summed E-state index contributed by atoms with van der Waals surface area (Å²) in [5.74, 6) is 0.690. The highest BCUT2D eigenvalue weighted by Gasteiger charge is 2.56. The first-order valence-corrected chi connectivity index (χ1v) is 11.6. The highest BCUT2D eigenvalue weighted by atomic mass is 16.5. The van der Waals surface area contributed by atoms with Crippen molar-refractivity contribution in [3.05, 3.63) is 64.8 Å². The van der Waals surface area contributed by atoms with Crippen LogP contribution in [-0.4, -0.2) is 29.3 Å². The minimum Gasteiger partial charge on any atom is -0.497 e. The molecule has 5 nitrogen and oxygen atoms in total. The summed E-state index contributed by atoms with van der Waals surface area (Å²) >= 11 is 0. The Balaban J connectivity index is 1.62. The Bertz CT molecular complexity index is 1160. The number of hydrogen-bond acceptors (Lipinski definition) is 4. The minimum absolute atomic E-state index is 0.170. The molecular formula is C27H34N2O3. The van der Waals surface area contributed by atoms with Crippen molar-refractivity contribution < 1.29 is 14.6 Å². The molecule has 5 heteroatoms. The van der Waals surface area contributed by atoms with Gasteiger partial charge in [0.05, 0.1) is 25.0 Å². The third-order valence-corrected chi connectivity index (χ3v) is 7.83.